The van der Waals surface area contributed by atoms with Gasteiger partial charge in [-0.3, -0.25) is 0 Å². The zero-order valence-electron chi connectivity index (χ0n) is 12.4. The molecule has 0 N–H and O–H groups in total. The molecule has 0 amide bonds. The van der Waals surface area contributed by atoms with Crippen LogP contribution in [-0.4, -0.2) is 19.0 Å². The van der Waals surface area contributed by atoms with Crippen LogP contribution in [0, 0.1) is 0 Å². The summed E-state index contributed by atoms with van der Waals surface area (Å²) in [6.07, 6.45) is 9.90. The van der Waals surface area contributed by atoms with Gasteiger partial charge in [0.25, 0.3) is 0 Å². The van der Waals surface area contributed by atoms with E-state index < -0.39 is 0 Å². The summed E-state index contributed by atoms with van der Waals surface area (Å²) >= 11 is 0. The second-order valence-corrected chi connectivity index (χ2v) is 4.52. The van der Waals surface area contributed by atoms with Gasteiger partial charge in [-0.15, -0.1) is 0 Å². The first-order chi connectivity index (χ1) is 8.33. The summed E-state index contributed by atoms with van der Waals surface area (Å²) in [6.45, 7) is 10.0. The van der Waals surface area contributed by atoms with Gasteiger partial charge >= 0.3 is 0 Å². The van der Waals surface area contributed by atoms with Gasteiger partial charge in [0, 0.05) is 12.8 Å². The van der Waals surface area contributed by atoms with Gasteiger partial charge in [0.1, 0.15) is 0 Å². The highest BCUT2D eigenvalue weighted by Gasteiger charge is 2.34. The molecule has 1 rings (SSSR count). The summed E-state index contributed by atoms with van der Waals surface area (Å²) in [4.78, 5) is 0. The first-order valence-electron chi connectivity index (χ1n) is 7.61. The maximum absolute atomic E-state index is 5.77. The maximum Gasteiger partial charge on any atom is 0.168 e. The van der Waals surface area contributed by atoms with E-state index in [4.69, 9.17) is 9.47 Å². The Morgan fingerprint density at radius 3 is 1.88 bits per heavy atom. The average molecular weight is 244 g/mol. The lowest BCUT2D eigenvalue weighted by molar-refractivity contribution is -0.167. The molecule has 0 saturated carbocycles. The minimum Gasteiger partial charge on any atom is -0.348 e. The lowest BCUT2D eigenvalue weighted by Gasteiger charge is -2.26. The second-order valence-electron chi connectivity index (χ2n) is 4.52. The monoisotopic (exact) mass is 244 g/mol. The van der Waals surface area contributed by atoms with E-state index in [1.807, 2.05) is 13.8 Å². The highest BCUT2D eigenvalue weighted by Crippen LogP contribution is 2.30. The van der Waals surface area contributed by atoms with Gasteiger partial charge in [-0.05, 0) is 6.42 Å². The molecule has 0 aromatic rings. The van der Waals surface area contributed by atoms with Crippen molar-refractivity contribution in [3.63, 3.8) is 0 Å². The molecule has 2 nitrogen and oxygen atoms in total. The van der Waals surface area contributed by atoms with Crippen molar-refractivity contribution in [2.45, 2.75) is 84.8 Å². The molecule has 17 heavy (non-hydrogen) atoms. The summed E-state index contributed by atoms with van der Waals surface area (Å²) in [5.74, 6) is -0.207. The Kier molecular flexibility index (Phi) is 11.0. The van der Waals surface area contributed by atoms with Crippen molar-refractivity contribution in [2.24, 2.45) is 0 Å². The molecule has 1 heterocycles. The molecule has 1 aliphatic rings. The van der Waals surface area contributed by atoms with Gasteiger partial charge in [0.2, 0.25) is 0 Å². The number of ether oxygens (including phenoxy) is 2. The van der Waals surface area contributed by atoms with E-state index in [-0.39, 0.29) is 5.79 Å². The smallest absolute Gasteiger partial charge is 0.168 e. The van der Waals surface area contributed by atoms with Crippen LogP contribution in [0.1, 0.15) is 79.1 Å². The molecule has 1 saturated heterocycles. The normalized spacial score (nSPS) is 17.6. The summed E-state index contributed by atoms with van der Waals surface area (Å²) in [7, 11) is 0. The van der Waals surface area contributed by atoms with Crippen LogP contribution in [0.2, 0.25) is 0 Å². The fourth-order valence-electron chi connectivity index (χ4n) is 2.29. The molecular formula is C15H32O2. The summed E-state index contributed by atoms with van der Waals surface area (Å²) in [5, 5.41) is 0. The topological polar surface area (TPSA) is 18.5 Å². The Hall–Kier alpha value is -0.0800. The Labute approximate surface area is 108 Å². The van der Waals surface area contributed by atoms with E-state index in [0.29, 0.717) is 0 Å². The van der Waals surface area contributed by atoms with E-state index in [9.17, 15) is 0 Å². The Morgan fingerprint density at radius 2 is 1.35 bits per heavy atom. The highest BCUT2D eigenvalue weighted by atomic mass is 16.7. The molecule has 104 valence electrons. The first kappa shape index (κ1) is 16.9. The van der Waals surface area contributed by atoms with E-state index in [1.54, 1.807) is 0 Å². The third kappa shape index (κ3) is 7.05. The number of hydrogen-bond donors (Lipinski definition) is 0. The highest BCUT2D eigenvalue weighted by molar-refractivity contribution is 4.73. The molecule has 0 spiro atoms. The summed E-state index contributed by atoms with van der Waals surface area (Å²) in [6, 6.07) is 0. The van der Waals surface area contributed by atoms with E-state index in [2.05, 4.69) is 13.8 Å². The third-order valence-electron chi connectivity index (χ3n) is 3.11. The number of hydrogen-bond acceptors (Lipinski definition) is 2. The largest absolute Gasteiger partial charge is 0.348 e. The molecule has 0 atom stereocenters. The molecule has 1 aliphatic heterocycles. The molecule has 0 aliphatic carbocycles. The number of rotatable bonds is 8. The summed E-state index contributed by atoms with van der Waals surface area (Å²) in [5.41, 5.74) is 0. The summed E-state index contributed by atoms with van der Waals surface area (Å²) < 4.78 is 11.5. The average Bonchev–Trinajstić information content (AvgIpc) is 2.81. The zero-order chi connectivity index (χ0) is 13.0. The fourth-order valence-corrected chi connectivity index (χ4v) is 2.29. The lowest BCUT2D eigenvalue weighted by Crippen LogP contribution is -2.29. The van der Waals surface area contributed by atoms with Crippen LogP contribution in [-0.2, 0) is 9.47 Å². The molecule has 2 heteroatoms. The van der Waals surface area contributed by atoms with Crippen LogP contribution in [0.4, 0.5) is 0 Å². The predicted octanol–water partition coefficient (Wildman–Crippen LogP) is 4.92. The molecule has 0 bridgehead atoms. The van der Waals surface area contributed by atoms with Crippen LogP contribution in [0.5, 0.6) is 0 Å². The predicted molar refractivity (Wildman–Crippen MR) is 74.3 cm³/mol. The van der Waals surface area contributed by atoms with Gasteiger partial charge in [-0.1, -0.05) is 59.8 Å². The van der Waals surface area contributed by atoms with E-state index in [1.165, 1.54) is 32.1 Å². The van der Waals surface area contributed by atoms with Crippen LogP contribution in [0.15, 0.2) is 0 Å². The van der Waals surface area contributed by atoms with Gasteiger partial charge in [-0.25, -0.2) is 0 Å². The SMILES string of the molecule is CC.CCCCCCCC1(CCC)OCCO1. The Bertz CT molecular complexity index is 151. The molecule has 0 radical (unpaired) electrons. The van der Waals surface area contributed by atoms with Gasteiger partial charge in [0.05, 0.1) is 13.2 Å². The fraction of sp³-hybridized carbons (Fsp3) is 1.00. The van der Waals surface area contributed by atoms with Gasteiger partial charge in [-0.2, -0.15) is 0 Å². The minimum absolute atomic E-state index is 0.207. The van der Waals surface area contributed by atoms with Gasteiger partial charge < -0.3 is 9.47 Å². The van der Waals surface area contributed by atoms with Gasteiger partial charge in [0.15, 0.2) is 5.79 Å². The van der Waals surface area contributed by atoms with Crippen LogP contribution >= 0.6 is 0 Å². The Morgan fingerprint density at radius 1 is 0.765 bits per heavy atom. The quantitative estimate of drug-likeness (QED) is 0.564. The number of unbranched alkanes of at least 4 members (excludes halogenated alkanes) is 4. The van der Waals surface area contributed by atoms with E-state index in [0.717, 1.165) is 32.5 Å². The van der Waals surface area contributed by atoms with Crippen molar-refractivity contribution in [1.29, 1.82) is 0 Å². The zero-order valence-corrected chi connectivity index (χ0v) is 12.4. The molecule has 0 aromatic carbocycles. The van der Waals surface area contributed by atoms with Crippen LogP contribution in [0.25, 0.3) is 0 Å². The molecule has 0 unspecified atom stereocenters. The van der Waals surface area contributed by atoms with Crippen molar-refractivity contribution >= 4 is 0 Å². The first-order valence-corrected chi connectivity index (χ1v) is 7.61. The lowest BCUT2D eigenvalue weighted by atomic mass is 10.0. The van der Waals surface area contributed by atoms with Crippen LogP contribution < -0.4 is 0 Å². The standard InChI is InChI=1S/C13H26O2.C2H6/c1-3-5-6-7-8-10-13(9-4-2)14-11-12-15-13;1-2/h3-12H2,1-2H3;1-2H3. The van der Waals surface area contributed by atoms with Crippen molar-refractivity contribution in [3.05, 3.63) is 0 Å². The van der Waals surface area contributed by atoms with Crippen molar-refractivity contribution in [2.75, 3.05) is 13.2 Å². The van der Waals surface area contributed by atoms with Crippen LogP contribution in [0.3, 0.4) is 0 Å². The molecule has 1 fully saturated rings. The van der Waals surface area contributed by atoms with Crippen molar-refractivity contribution in [3.8, 4) is 0 Å². The molecular weight excluding hydrogens is 212 g/mol. The maximum atomic E-state index is 5.77. The minimum atomic E-state index is -0.207. The Balaban J connectivity index is 0.00000121. The molecule has 0 aromatic heterocycles. The van der Waals surface area contributed by atoms with E-state index >= 15 is 0 Å². The van der Waals surface area contributed by atoms with Crippen molar-refractivity contribution < 1.29 is 9.47 Å². The second kappa shape index (κ2) is 11.0. The third-order valence-corrected chi connectivity index (χ3v) is 3.11. The van der Waals surface area contributed by atoms with Crippen molar-refractivity contribution in [1.82, 2.24) is 0 Å².